The van der Waals surface area contributed by atoms with E-state index in [9.17, 15) is 14.0 Å². The summed E-state index contributed by atoms with van der Waals surface area (Å²) in [6.07, 6.45) is 3.06. The number of benzene rings is 1. The van der Waals surface area contributed by atoms with Gasteiger partial charge in [0.05, 0.1) is 11.6 Å². The number of nitrogens with two attached hydrogens (primary N) is 1. The molecule has 1 aromatic heterocycles. The van der Waals surface area contributed by atoms with E-state index in [0.29, 0.717) is 24.5 Å². The Labute approximate surface area is 192 Å². The lowest BCUT2D eigenvalue weighted by atomic mass is 10.2. The molecule has 2 aromatic rings. The standard InChI is InChI=1S/C22H30ClFN6O2/c1-5-15-11-29(28-22(15)27-18(25)6-2)13-20(32)30(14(3)4)12-19(31)26-10-16-8-7-9-17(23)21(16)24/h7-9,11,14H,5-6,10,12-13H2,1-4H3,(H,26,31)(H2,25,27,28). The third-order valence-electron chi connectivity index (χ3n) is 4.87. The SMILES string of the molecule is CCC(N)=Nc1nn(CC(=O)N(CC(=O)NCc2cccc(Cl)c2F)C(C)C)cc1CC. The van der Waals surface area contributed by atoms with Crippen LogP contribution in [0.5, 0.6) is 0 Å². The van der Waals surface area contributed by atoms with Gasteiger partial charge in [-0.15, -0.1) is 0 Å². The predicted molar refractivity (Wildman–Crippen MR) is 123 cm³/mol. The van der Waals surface area contributed by atoms with E-state index < -0.39 is 11.7 Å². The molecule has 0 bridgehead atoms. The van der Waals surface area contributed by atoms with Gasteiger partial charge in [0.25, 0.3) is 0 Å². The average molecular weight is 465 g/mol. The monoisotopic (exact) mass is 464 g/mol. The first-order valence-corrected chi connectivity index (χ1v) is 10.9. The highest BCUT2D eigenvalue weighted by Crippen LogP contribution is 2.19. The summed E-state index contributed by atoms with van der Waals surface area (Å²) < 4.78 is 15.5. The Morgan fingerprint density at radius 1 is 1.31 bits per heavy atom. The summed E-state index contributed by atoms with van der Waals surface area (Å²) in [4.78, 5) is 31.1. The molecule has 8 nitrogen and oxygen atoms in total. The zero-order valence-corrected chi connectivity index (χ0v) is 19.6. The molecule has 174 valence electrons. The Morgan fingerprint density at radius 2 is 2.03 bits per heavy atom. The first-order valence-electron chi connectivity index (χ1n) is 10.5. The van der Waals surface area contributed by atoms with Crippen molar-refractivity contribution in [3.05, 3.63) is 46.4 Å². The molecule has 3 N–H and O–H groups in total. The third-order valence-corrected chi connectivity index (χ3v) is 5.16. The summed E-state index contributed by atoms with van der Waals surface area (Å²) in [5, 5.41) is 7.00. The van der Waals surface area contributed by atoms with Crippen molar-refractivity contribution in [2.24, 2.45) is 10.7 Å². The van der Waals surface area contributed by atoms with Gasteiger partial charge in [0.2, 0.25) is 11.8 Å². The number of hydrogen-bond donors (Lipinski definition) is 2. The number of nitrogens with one attached hydrogen (secondary N) is 1. The summed E-state index contributed by atoms with van der Waals surface area (Å²) in [5.41, 5.74) is 6.98. The van der Waals surface area contributed by atoms with Crippen LogP contribution in [0.15, 0.2) is 29.4 Å². The minimum atomic E-state index is -0.571. The zero-order chi connectivity index (χ0) is 23.8. The molecule has 0 saturated carbocycles. The Kier molecular flexibility index (Phi) is 9.19. The highest BCUT2D eigenvalue weighted by molar-refractivity contribution is 6.30. The van der Waals surface area contributed by atoms with Crippen LogP contribution in [0, 0.1) is 5.82 Å². The molecule has 0 atom stereocenters. The van der Waals surface area contributed by atoms with Crippen LogP contribution in [-0.4, -0.2) is 44.9 Å². The molecule has 0 aliphatic heterocycles. The van der Waals surface area contributed by atoms with Crippen LogP contribution in [0.2, 0.25) is 5.02 Å². The van der Waals surface area contributed by atoms with Gasteiger partial charge in [0.15, 0.2) is 5.82 Å². The fourth-order valence-electron chi connectivity index (χ4n) is 2.97. The van der Waals surface area contributed by atoms with Gasteiger partial charge < -0.3 is 16.0 Å². The van der Waals surface area contributed by atoms with Gasteiger partial charge >= 0.3 is 0 Å². The summed E-state index contributed by atoms with van der Waals surface area (Å²) in [6, 6.07) is 4.37. The van der Waals surface area contributed by atoms with Crippen molar-refractivity contribution in [3.63, 3.8) is 0 Å². The third kappa shape index (κ3) is 6.78. The van der Waals surface area contributed by atoms with Crippen LogP contribution < -0.4 is 11.1 Å². The number of halogens is 2. The van der Waals surface area contributed by atoms with Gasteiger partial charge in [-0.1, -0.05) is 37.6 Å². The van der Waals surface area contributed by atoms with Gasteiger partial charge in [0, 0.05) is 36.3 Å². The number of aliphatic imine (C=N–C) groups is 1. The smallest absolute Gasteiger partial charge is 0.245 e. The number of carbonyl (C=O) groups excluding carboxylic acids is 2. The van der Waals surface area contributed by atoms with Crippen molar-refractivity contribution >= 4 is 35.1 Å². The summed E-state index contributed by atoms with van der Waals surface area (Å²) in [6.45, 7) is 7.29. The molecule has 10 heteroatoms. The molecule has 1 heterocycles. The quantitative estimate of drug-likeness (QED) is 0.416. The van der Waals surface area contributed by atoms with Crippen molar-refractivity contribution < 1.29 is 14.0 Å². The normalized spacial score (nSPS) is 11.7. The van der Waals surface area contributed by atoms with E-state index in [0.717, 1.165) is 5.56 Å². The van der Waals surface area contributed by atoms with Crippen molar-refractivity contribution in [2.45, 2.75) is 59.7 Å². The van der Waals surface area contributed by atoms with Crippen LogP contribution >= 0.6 is 11.6 Å². The van der Waals surface area contributed by atoms with E-state index >= 15 is 0 Å². The van der Waals surface area contributed by atoms with Crippen molar-refractivity contribution in [3.8, 4) is 0 Å². The van der Waals surface area contributed by atoms with Gasteiger partial charge in [-0.05, 0) is 26.3 Å². The second-order valence-corrected chi connectivity index (χ2v) is 8.00. The average Bonchev–Trinajstić information content (AvgIpc) is 3.13. The lowest BCUT2D eigenvalue weighted by Crippen LogP contribution is -2.45. The molecule has 2 amide bonds. The highest BCUT2D eigenvalue weighted by atomic mass is 35.5. The van der Waals surface area contributed by atoms with E-state index in [-0.39, 0.29) is 42.2 Å². The minimum absolute atomic E-state index is 0.00852. The molecule has 0 spiro atoms. The van der Waals surface area contributed by atoms with Crippen LogP contribution in [0.25, 0.3) is 0 Å². The molecular weight excluding hydrogens is 435 g/mol. The number of aryl methyl sites for hydroxylation is 1. The fourth-order valence-corrected chi connectivity index (χ4v) is 3.16. The maximum absolute atomic E-state index is 14.0. The number of amidine groups is 1. The lowest BCUT2D eigenvalue weighted by Gasteiger charge is -2.26. The molecule has 1 aromatic carbocycles. The summed E-state index contributed by atoms with van der Waals surface area (Å²) in [7, 11) is 0. The van der Waals surface area contributed by atoms with Crippen LogP contribution in [0.4, 0.5) is 10.2 Å². The molecular formula is C22H30ClFN6O2. The van der Waals surface area contributed by atoms with E-state index in [4.69, 9.17) is 17.3 Å². The molecule has 0 radical (unpaired) electrons. The largest absolute Gasteiger partial charge is 0.387 e. The van der Waals surface area contributed by atoms with E-state index in [1.807, 2.05) is 27.7 Å². The van der Waals surface area contributed by atoms with Crippen molar-refractivity contribution in [1.82, 2.24) is 20.0 Å². The fraction of sp³-hybridized carbons (Fsp3) is 0.455. The molecule has 32 heavy (non-hydrogen) atoms. The Bertz CT molecular complexity index is 989. The number of rotatable bonds is 10. The van der Waals surface area contributed by atoms with Crippen molar-refractivity contribution in [2.75, 3.05) is 6.54 Å². The summed E-state index contributed by atoms with van der Waals surface area (Å²) in [5.74, 6) is -0.279. The first kappa shape index (κ1) is 25.3. The molecule has 0 saturated heterocycles. The van der Waals surface area contributed by atoms with Gasteiger partial charge in [-0.25, -0.2) is 9.38 Å². The van der Waals surface area contributed by atoms with Gasteiger partial charge in [-0.3, -0.25) is 14.3 Å². The van der Waals surface area contributed by atoms with Crippen LogP contribution in [0.3, 0.4) is 0 Å². The molecule has 0 aliphatic carbocycles. The van der Waals surface area contributed by atoms with Crippen LogP contribution in [-0.2, 0) is 29.1 Å². The van der Waals surface area contributed by atoms with Gasteiger partial charge in [-0.2, -0.15) is 5.10 Å². The number of amides is 2. The van der Waals surface area contributed by atoms with Crippen molar-refractivity contribution in [1.29, 1.82) is 0 Å². The van der Waals surface area contributed by atoms with Gasteiger partial charge in [0.1, 0.15) is 18.2 Å². The zero-order valence-electron chi connectivity index (χ0n) is 18.9. The molecule has 0 aliphatic rings. The minimum Gasteiger partial charge on any atom is -0.387 e. The number of aromatic nitrogens is 2. The number of hydrogen-bond acceptors (Lipinski definition) is 4. The summed E-state index contributed by atoms with van der Waals surface area (Å²) >= 11 is 5.77. The molecule has 0 unspecified atom stereocenters. The Hall–Kier alpha value is -2.94. The van der Waals surface area contributed by atoms with E-state index in [1.54, 1.807) is 18.3 Å². The Morgan fingerprint density at radius 3 is 2.66 bits per heavy atom. The second-order valence-electron chi connectivity index (χ2n) is 7.59. The van der Waals surface area contributed by atoms with Crippen LogP contribution in [0.1, 0.15) is 45.2 Å². The lowest BCUT2D eigenvalue weighted by molar-refractivity contribution is -0.138. The second kappa shape index (κ2) is 11.6. The number of carbonyl (C=O) groups is 2. The van der Waals surface area contributed by atoms with E-state index in [1.165, 1.54) is 15.6 Å². The first-order chi connectivity index (χ1) is 15.2. The molecule has 2 rings (SSSR count). The predicted octanol–water partition coefficient (Wildman–Crippen LogP) is 3.19. The topological polar surface area (TPSA) is 106 Å². The Balaban J connectivity index is 2.04. The maximum Gasteiger partial charge on any atom is 0.245 e. The highest BCUT2D eigenvalue weighted by Gasteiger charge is 2.21. The van der Waals surface area contributed by atoms with E-state index in [2.05, 4.69) is 15.4 Å². The number of nitrogens with zero attached hydrogens (tertiary/aromatic N) is 4. The molecule has 0 fully saturated rings. The maximum atomic E-state index is 14.0.